The molecule has 1 aromatic carbocycles. The summed E-state index contributed by atoms with van der Waals surface area (Å²) < 4.78 is 1.87. The number of benzene rings is 1. The Hall–Kier alpha value is -2.50. The minimum Gasteiger partial charge on any atom is -0.397 e. The number of amides is 1. The van der Waals surface area contributed by atoms with Gasteiger partial charge in [-0.15, -0.1) is 0 Å². The summed E-state index contributed by atoms with van der Waals surface area (Å²) >= 11 is 0. The topological polar surface area (TPSA) is 85.0 Å². The number of hydrogen-bond donors (Lipinski definition) is 3. The van der Waals surface area contributed by atoms with E-state index in [0.29, 0.717) is 12.1 Å². The molecule has 0 unspecified atom stereocenters. The summed E-state index contributed by atoms with van der Waals surface area (Å²) in [5, 5.41) is 10.4. The molecule has 6 heteroatoms. The molecular formula is C15H19N5O. The average molecular weight is 285 g/mol. The van der Waals surface area contributed by atoms with Crippen LogP contribution in [0.1, 0.15) is 17.7 Å². The van der Waals surface area contributed by atoms with Gasteiger partial charge in [-0.2, -0.15) is 5.10 Å². The molecule has 0 saturated carbocycles. The van der Waals surface area contributed by atoms with E-state index in [1.165, 1.54) is 5.69 Å². The lowest BCUT2D eigenvalue weighted by Gasteiger charge is -2.19. The third kappa shape index (κ3) is 2.84. The average Bonchev–Trinajstić information content (AvgIpc) is 2.85. The van der Waals surface area contributed by atoms with Crippen molar-refractivity contribution in [2.45, 2.75) is 19.3 Å². The number of carbonyl (C=O) groups is 1. The highest BCUT2D eigenvalue weighted by molar-refractivity contribution is 5.95. The molecule has 3 rings (SSSR count). The normalized spacial score (nSPS) is 13.7. The number of aryl methyl sites for hydroxylation is 2. The molecule has 21 heavy (non-hydrogen) atoms. The number of nitrogens with two attached hydrogens (primary N) is 1. The first-order valence-electron chi connectivity index (χ1n) is 7.06. The molecule has 0 atom stereocenters. The standard InChI is InChI=1S/C15H19N5O/c1-20-11(5-7-18-20)4-6-17-14-8-10-2-3-15(21)19-13(10)9-12(14)16/h5,7-9,17H,2-4,6,16H2,1H3,(H,19,21). The first-order valence-corrected chi connectivity index (χ1v) is 7.06. The Balaban J connectivity index is 1.68. The predicted octanol–water partition coefficient (Wildman–Crippen LogP) is 1.54. The Labute approximate surface area is 123 Å². The van der Waals surface area contributed by atoms with E-state index in [1.54, 1.807) is 6.20 Å². The third-order valence-electron chi connectivity index (χ3n) is 3.79. The molecule has 0 radical (unpaired) electrons. The maximum atomic E-state index is 11.4. The lowest BCUT2D eigenvalue weighted by atomic mass is 10.0. The van der Waals surface area contributed by atoms with Gasteiger partial charge in [0.05, 0.1) is 11.4 Å². The van der Waals surface area contributed by atoms with Gasteiger partial charge in [0, 0.05) is 44.0 Å². The molecule has 1 amide bonds. The fourth-order valence-corrected chi connectivity index (χ4v) is 2.57. The first kappa shape index (κ1) is 13.5. The largest absolute Gasteiger partial charge is 0.397 e. The molecule has 0 spiro atoms. The molecule has 110 valence electrons. The highest BCUT2D eigenvalue weighted by Crippen LogP contribution is 2.30. The Morgan fingerprint density at radius 2 is 2.29 bits per heavy atom. The summed E-state index contributed by atoms with van der Waals surface area (Å²) in [4.78, 5) is 11.4. The Bertz CT molecular complexity index is 677. The lowest BCUT2D eigenvalue weighted by Crippen LogP contribution is -2.19. The smallest absolute Gasteiger partial charge is 0.224 e. The number of nitrogens with zero attached hydrogens (tertiary/aromatic N) is 2. The number of fused-ring (bicyclic) bond motifs is 1. The first-order chi connectivity index (χ1) is 10.1. The molecule has 2 aromatic rings. The molecule has 0 saturated heterocycles. The van der Waals surface area contributed by atoms with Crippen LogP contribution in [0.4, 0.5) is 17.1 Å². The van der Waals surface area contributed by atoms with Crippen LogP contribution >= 0.6 is 0 Å². The van der Waals surface area contributed by atoms with Gasteiger partial charge in [0.2, 0.25) is 5.91 Å². The minimum absolute atomic E-state index is 0.0545. The van der Waals surface area contributed by atoms with E-state index in [-0.39, 0.29) is 5.91 Å². The zero-order valence-electron chi connectivity index (χ0n) is 12.0. The molecule has 2 heterocycles. The summed E-state index contributed by atoms with van der Waals surface area (Å²) in [5.74, 6) is 0.0545. The number of hydrogen-bond acceptors (Lipinski definition) is 4. The Morgan fingerprint density at radius 1 is 1.43 bits per heavy atom. The fourth-order valence-electron chi connectivity index (χ4n) is 2.57. The molecule has 6 nitrogen and oxygen atoms in total. The van der Waals surface area contributed by atoms with Crippen LogP contribution in [0.25, 0.3) is 0 Å². The predicted molar refractivity (Wildman–Crippen MR) is 83.2 cm³/mol. The maximum Gasteiger partial charge on any atom is 0.224 e. The summed E-state index contributed by atoms with van der Waals surface area (Å²) in [6.45, 7) is 0.787. The molecular weight excluding hydrogens is 266 g/mol. The van der Waals surface area contributed by atoms with Crippen LogP contribution in [0.15, 0.2) is 24.4 Å². The van der Waals surface area contributed by atoms with Gasteiger partial charge in [-0.1, -0.05) is 0 Å². The van der Waals surface area contributed by atoms with E-state index >= 15 is 0 Å². The maximum absolute atomic E-state index is 11.4. The van der Waals surface area contributed by atoms with Crippen LogP contribution < -0.4 is 16.4 Å². The van der Waals surface area contributed by atoms with Crippen molar-refractivity contribution in [3.8, 4) is 0 Å². The summed E-state index contributed by atoms with van der Waals surface area (Å²) in [6.07, 6.45) is 3.97. The van der Waals surface area contributed by atoms with Crippen molar-refractivity contribution in [3.05, 3.63) is 35.7 Å². The van der Waals surface area contributed by atoms with Crippen molar-refractivity contribution in [2.75, 3.05) is 22.9 Å². The quantitative estimate of drug-likeness (QED) is 0.744. The number of nitrogens with one attached hydrogen (secondary N) is 2. The van der Waals surface area contributed by atoms with Crippen molar-refractivity contribution >= 4 is 23.0 Å². The van der Waals surface area contributed by atoms with Crippen LogP contribution in [-0.4, -0.2) is 22.2 Å². The van der Waals surface area contributed by atoms with E-state index in [2.05, 4.69) is 15.7 Å². The van der Waals surface area contributed by atoms with Crippen molar-refractivity contribution < 1.29 is 4.79 Å². The number of carbonyl (C=O) groups excluding carboxylic acids is 1. The minimum atomic E-state index is 0.0545. The summed E-state index contributed by atoms with van der Waals surface area (Å²) in [7, 11) is 1.94. The van der Waals surface area contributed by atoms with Crippen LogP contribution in [0.2, 0.25) is 0 Å². The second-order valence-electron chi connectivity index (χ2n) is 5.27. The molecule has 0 bridgehead atoms. The van der Waals surface area contributed by atoms with E-state index in [9.17, 15) is 4.79 Å². The van der Waals surface area contributed by atoms with Crippen LogP contribution in [0.3, 0.4) is 0 Å². The second-order valence-corrected chi connectivity index (χ2v) is 5.27. The van der Waals surface area contributed by atoms with E-state index in [0.717, 1.165) is 36.3 Å². The van der Waals surface area contributed by atoms with E-state index in [4.69, 9.17) is 5.73 Å². The third-order valence-corrected chi connectivity index (χ3v) is 3.79. The Morgan fingerprint density at radius 3 is 3.05 bits per heavy atom. The second kappa shape index (κ2) is 5.47. The van der Waals surface area contributed by atoms with E-state index in [1.807, 2.05) is 29.9 Å². The zero-order chi connectivity index (χ0) is 14.8. The number of rotatable bonds is 4. The molecule has 4 N–H and O–H groups in total. The monoisotopic (exact) mass is 285 g/mol. The highest BCUT2D eigenvalue weighted by Gasteiger charge is 2.16. The SMILES string of the molecule is Cn1nccc1CCNc1cc2c(cc1N)NC(=O)CC2. The van der Waals surface area contributed by atoms with Crippen molar-refractivity contribution in [1.29, 1.82) is 0 Å². The fraction of sp³-hybridized carbons (Fsp3) is 0.333. The van der Waals surface area contributed by atoms with Gasteiger partial charge >= 0.3 is 0 Å². The van der Waals surface area contributed by atoms with Gasteiger partial charge in [0.1, 0.15) is 0 Å². The van der Waals surface area contributed by atoms with Crippen molar-refractivity contribution in [2.24, 2.45) is 7.05 Å². The van der Waals surface area contributed by atoms with Gasteiger partial charge < -0.3 is 16.4 Å². The van der Waals surface area contributed by atoms with Gasteiger partial charge in [-0.3, -0.25) is 9.48 Å². The Kier molecular flexibility index (Phi) is 3.51. The molecule has 0 fully saturated rings. The van der Waals surface area contributed by atoms with Crippen molar-refractivity contribution in [1.82, 2.24) is 9.78 Å². The van der Waals surface area contributed by atoms with Crippen molar-refractivity contribution in [3.63, 3.8) is 0 Å². The lowest BCUT2D eigenvalue weighted by molar-refractivity contribution is -0.116. The summed E-state index contributed by atoms with van der Waals surface area (Å²) in [6, 6.07) is 5.87. The molecule has 0 aliphatic carbocycles. The number of aromatic nitrogens is 2. The van der Waals surface area contributed by atoms with Gasteiger partial charge in [-0.25, -0.2) is 0 Å². The highest BCUT2D eigenvalue weighted by atomic mass is 16.1. The molecule has 1 aliphatic heterocycles. The zero-order valence-corrected chi connectivity index (χ0v) is 12.0. The number of nitrogen functional groups attached to an aromatic ring is 1. The van der Waals surface area contributed by atoms with E-state index < -0.39 is 0 Å². The summed E-state index contributed by atoms with van der Waals surface area (Å²) in [5.41, 5.74) is 10.8. The van der Waals surface area contributed by atoms with Crippen LogP contribution in [-0.2, 0) is 24.7 Å². The van der Waals surface area contributed by atoms with Gasteiger partial charge in [-0.05, 0) is 30.2 Å². The molecule has 1 aliphatic rings. The number of anilines is 3. The van der Waals surface area contributed by atoms with Crippen LogP contribution in [0, 0.1) is 0 Å². The van der Waals surface area contributed by atoms with Crippen LogP contribution in [0.5, 0.6) is 0 Å². The van der Waals surface area contributed by atoms with Gasteiger partial charge in [0.25, 0.3) is 0 Å². The molecule has 1 aromatic heterocycles. The van der Waals surface area contributed by atoms with Gasteiger partial charge in [0.15, 0.2) is 0 Å².